The Kier molecular flexibility index (Phi) is 7.25. The molecular formula is C28H35N3O3. The van der Waals surface area contributed by atoms with E-state index in [1.807, 2.05) is 57.2 Å². The van der Waals surface area contributed by atoms with E-state index in [2.05, 4.69) is 29.3 Å². The second-order valence-corrected chi connectivity index (χ2v) is 9.54. The van der Waals surface area contributed by atoms with Gasteiger partial charge in [-0.1, -0.05) is 26.0 Å². The summed E-state index contributed by atoms with van der Waals surface area (Å²) in [7, 11) is 0. The maximum Gasteiger partial charge on any atom is 0.278 e. The number of hydrogen-bond acceptors (Lipinski definition) is 5. The first-order chi connectivity index (χ1) is 16.4. The van der Waals surface area contributed by atoms with E-state index in [1.165, 1.54) is 23.4 Å². The third-order valence-electron chi connectivity index (χ3n) is 6.42. The number of rotatable bonds is 8. The molecule has 0 radical (unpaired) electrons. The molecule has 4 rings (SSSR count). The molecule has 0 bridgehead atoms. The van der Waals surface area contributed by atoms with Gasteiger partial charge in [0.05, 0.1) is 11.7 Å². The highest BCUT2D eigenvalue weighted by molar-refractivity contribution is 6.36. The van der Waals surface area contributed by atoms with Gasteiger partial charge in [-0.05, 0) is 81.0 Å². The van der Waals surface area contributed by atoms with Crippen molar-refractivity contribution in [3.05, 3.63) is 59.8 Å². The van der Waals surface area contributed by atoms with Crippen LogP contribution in [0, 0.1) is 5.92 Å². The summed E-state index contributed by atoms with van der Waals surface area (Å²) in [5, 5.41) is 3.26. The Morgan fingerprint density at radius 2 is 1.62 bits per heavy atom. The Hall–Kier alpha value is -3.28. The van der Waals surface area contributed by atoms with Crippen LogP contribution in [-0.4, -0.2) is 42.5 Å². The Bertz CT molecular complexity index is 1050. The topological polar surface area (TPSA) is 61.9 Å². The minimum atomic E-state index is -0.279. The summed E-state index contributed by atoms with van der Waals surface area (Å²) < 4.78 is 5.73. The van der Waals surface area contributed by atoms with Crippen molar-refractivity contribution in [1.82, 2.24) is 4.90 Å². The Balaban J connectivity index is 1.60. The van der Waals surface area contributed by atoms with Gasteiger partial charge < -0.3 is 15.0 Å². The summed E-state index contributed by atoms with van der Waals surface area (Å²) in [5.41, 5.74) is 3.42. The fourth-order valence-electron chi connectivity index (χ4n) is 4.53. The minimum Gasteiger partial charge on any atom is -0.491 e. The molecule has 6 nitrogen and oxygen atoms in total. The summed E-state index contributed by atoms with van der Waals surface area (Å²) in [6.07, 6.45) is 3.19. The van der Waals surface area contributed by atoms with E-state index in [0.29, 0.717) is 29.8 Å². The minimum absolute atomic E-state index is 0.0633. The van der Waals surface area contributed by atoms with Crippen LogP contribution in [0.1, 0.15) is 52.5 Å². The normalized spacial score (nSPS) is 17.2. The van der Waals surface area contributed by atoms with E-state index < -0.39 is 0 Å². The number of carbonyl (C=O) groups is 2. The summed E-state index contributed by atoms with van der Waals surface area (Å²) in [6.45, 7) is 10.7. The second-order valence-electron chi connectivity index (χ2n) is 9.54. The number of amides is 2. The van der Waals surface area contributed by atoms with Gasteiger partial charge in [-0.3, -0.25) is 14.5 Å². The molecule has 1 N–H and O–H groups in total. The van der Waals surface area contributed by atoms with Crippen LogP contribution in [0.5, 0.6) is 5.75 Å². The van der Waals surface area contributed by atoms with E-state index >= 15 is 0 Å². The molecule has 2 heterocycles. The number of benzene rings is 2. The first-order valence-corrected chi connectivity index (χ1v) is 12.4. The quantitative estimate of drug-likeness (QED) is 0.540. The molecule has 0 aliphatic carbocycles. The van der Waals surface area contributed by atoms with Crippen LogP contribution in [0.2, 0.25) is 0 Å². The molecule has 180 valence electrons. The zero-order valence-electron chi connectivity index (χ0n) is 20.6. The molecule has 0 atom stereocenters. The van der Waals surface area contributed by atoms with Gasteiger partial charge in [0.15, 0.2) is 0 Å². The van der Waals surface area contributed by atoms with Gasteiger partial charge in [0.1, 0.15) is 11.4 Å². The molecule has 0 unspecified atom stereocenters. The standard InChI is InChI=1S/C28H35N3O3/c1-5-16-31-27(32)25(21-6-12-24(13-7-21)34-19(2)3)26(28(31)33)29-22-8-10-23(11-9-22)30-17-14-20(4)15-18-30/h6-13,19-20,29H,5,14-18H2,1-4H3. The van der Waals surface area contributed by atoms with E-state index in [0.717, 1.165) is 30.4 Å². The summed E-state index contributed by atoms with van der Waals surface area (Å²) in [5.74, 6) is 0.980. The summed E-state index contributed by atoms with van der Waals surface area (Å²) >= 11 is 0. The molecule has 34 heavy (non-hydrogen) atoms. The third kappa shape index (κ3) is 5.11. The average Bonchev–Trinajstić information content (AvgIpc) is 3.05. The van der Waals surface area contributed by atoms with Gasteiger partial charge in [-0.25, -0.2) is 0 Å². The van der Waals surface area contributed by atoms with Crippen molar-refractivity contribution in [1.29, 1.82) is 0 Å². The second kappa shape index (κ2) is 10.3. The van der Waals surface area contributed by atoms with Crippen LogP contribution in [0.15, 0.2) is 54.2 Å². The molecule has 0 saturated carbocycles. The Morgan fingerprint density at radius 3 is 2.21 bits per heavy atom. The van der Waals surface area contributed by atoms with E-state index in [-0.39, 0.29) is 17.9 Å². The van der Waals surface area contributed by atoms with Gasteiger partial charge in [-0.15, -0.1) is 0 Å². The number of anilines is 2. The lowest BCUT2D eigenvalue weighted by Gasteiger charge is -2.32. The molecule has 0 spiro atoms. The molecule has 2 amide bonds. The highest BCUT2D eigenvalue weighted by Gasteiger charge is 2.38. The van der Waals surface area contributed by atoms with Gasteiger partial charge in [0, 0.05) is 31.0 Å². The number of nitrogens with zero attached hydrogens (tertiary/aromatic N) is 2. The highest BCUT2D eigenvalue weighted by Crippen LogP contribution is 2.32. The fourth-order valence-corrected chi connectivity index (χ4v) is 4.53. The van der Waals surface area contributed by atoms with Crippen LogP contribution in [0.25, 0.3) is 5.57 Å². The van der Waals surface area contributed by atoms with Gasteiger partial charge >= 0.3 is 0 Å². The molecular weight excluding hydrogens is 426 g/mol. The van der Waals surface area contributed by atoms with Gasteiger partial charge in [0.2, 0.25) is 0 Å². The fraction of sp³-hybridized carbons (Fsp3) is 0.429. The van der Waals surface area contributed by atoms with Crippen molar-refractivity contribution in [2.24, 2.45) is 5.92 Å². The largest absolute Gasteiger partial charge is 0.491 e. The predicted molar refractivity (Wildman–Crippen MR) is 137 cm³/mol. The molecule has 6 heteroatoms. The number of carbonyl (C=O) groups excluding carboxylic acids is 2. The number of hydrogen-bond donors (Lipinski definition) is 1. The van der Waals surface area contributed by atoms with E-state index in [9.17, 15) is 9.59 Å². The average molecular weight is 462 g/mol. The SMILES string of the molecule is CCCN1C(=O)C(Nc2ccc(N3CCC(C)CC3)cc2)=C(c2ccc(OC(C)C)cc2)C1=O. The van der Waals surface area contributed by atoms with Crippen LogP contribution >= 0.6 is 0 Å². The predicted octanol–water partition coefficient (Wildman–Crippen LogP) is 5.31. The number of imide groups is 1. The van der Waals surface area contributed by atoms with Crippen LogP contribution in [0.3, 0.4) is 0 Å². The van der Waals surface area contributed by atoms with Crippen molar-refractivity contribution in [3.63, 3.8) is 0 Å². The lowest BCUT2D eigenvalue weighted by molar-refractivity contribution is -0.136. The monoisotopic (exact) mass is 461 g/mol. The molecule has 1 fully saturated rings. The van der Waals surface area contributed by atoms with Crippen molar-refractivity contribution in [2.75, 3.05) is 29.9 Å². The van der Waals surface area contributed by atoms with Gasteiger partial charge in [0.25, 0.3) is 11.8 Å². The molecule has 0 aromatic heterocycles. The van der Waals surface area contributed by atoms with Gasteiger partial charge in [-0.2, -0.15) is 0 Å². The molecule has 2 aromatic carbocycles. The molecule has 2 aliphatic rings. The maximum absolute atomic E-state index is 13.2. The third-order valence-corrected chi connectivity index (χ3v) is 6.42. The first kappa shape index (κ1) is 23.9. The Labute approximate surface area is 202 Å². The van der Waals surface area contributed by atoms with E-state index in [1.54, 1.807) is 0 Å². The van der Waals surface area contributed by atoms with Crippen LogP contribution < -0.4 is 15.0 Å². The summed E-state index contributed by atoms with van der Waals surface area (Å²) in [4.78, 5) is 30.2. The smallest absolute Gasteiger partial charge is 0.278 e. The van der Waals surface area contributed by atoms with Crippen LogP contribution in [0.4, 0.5) is 11.4 Å². The lowest BCUT2D eigenvalue weighted by Crippen LogP contribution is -2.33. The number of nitrogens with one attached hydrogen (secondary N) is 1. The lowest BCUT2D eigenvalue weighted by atomic mass is 9.99. The van der Waals surface area contributed by atoms with Crippen LogP contribution in [-0.2, 0) is 9.59 Å². The van der Waals surface area contributed by atoms with Crippen molar-refractivity contribution >= 4 is 28.8 Å². The van der Waals surface area contributed by atoms with E-state index in [4.69, 9.17) is 4.74 Å². The number of piperidine rings is 1. The Morgan fingerprint density at radius 1 is 0.971 bits per heavy atom. The highest BCUT2D eigenvalue weighted by atomic mass is 16.5. The molecule has 1 saturated heterocycles. The summed E-state index contributed by atoms with van der Waals surface area (Å²) in [6, 6.07) is 15.5. The van der Waals surface area contributed by atoms with Crippen molar-refractivity contribution in [2.45, 2.75) is 53.1 Å². The maximum atomic E-state index is 13.2. The molecule has 2 aromatic rings. The van der Waals surface area contributed by atoms with Crippen molar-refractivity contribution < 1.29 is 14.3 Å². The van der Waals surface area contributed by atoms with Crippen molar-refractivity contribution in [3.8, 4) is 5.75 Å². The molecule has 2 aliphatic heterocycles. The number of ether oxygens (including phenoxy) is 1. The zero-order chi connectivity index (χ0) is 24.2. The first-order valence-electron chi connectivity index (χ1n) is 12.4. The zero-order valence-corrected chi connectivity index (χ0v) is 20.6.